The molecule has 0 bridgehead atoms. The molecule has 2 heterocycles. The Morgan fingerprint density at radius 3 is 2.79 bits per heavy atom. The zero-order valence-electron chi connectivity index (χ0n) is 16.1. The molecule has 0 saturated carbocycles. The first-order chi connectivity index (χ1) is 13.7. The lowest BCUT2D eigenvalue weighted by molar-refractivity contribution is -0.116. The van der Waals surface area contributed by atoms with Crippen LogP contribution in [0.25, 0.3) is 11.0 Å². The number of aliphatic imine (C=N–C) groups is 1. The second kappa shape index (κ2) is 7.76. The summed E-state index contributed by atoms with van der Waals surface area (Å²) in [7, 11) is 1.74. The largest absolute Gasteiger partial charge is 0.459 e. The van der Waals surface area contributed by atoms with E-state index < -0.39 is 0 Å². The van der Waals surface area contributed by atoms with Crippen molar-refractivity contribution >= 4 is 28.5 Å². The van der Waals surface area contributed by atoms with Crippen LogP contribution in [0.1, 0.15) is 29.2 Å². The van der Waals surface area contributed by atoms with E-state index in [-0.39, 0.29) is 11.8 Å². The fourth-order valence-corrected chi connectivity index (χ4v) is 3.68. The number of carbonyl (C=O) groups is 1. The Labute approximate surface area is 164 Å². The summed E-state index contributed by atoms with van der Waals surface area (Å²) >= 11 is 0. The number of carbonyl (C=O) groups excluding carboxylic acids is 1. The van der Waals surface area contributed by atoms with Crippen molar-refractivity contribution in [3.63, 3.8) is 0 Å². The van der Waals surface area contributed by atoms with Gasteiger partial charge in [0.2, 0.25) is 5.91 Å². The first kappa shape index (κ1) is 18.1. The van der Waals surface area contributed by atoms with E-state index in [1.54, 1.807) is 7.05 Å². The summed E-state index contributed by atoms with van der Waals surface area (Å²) in [4.78, 5) is 16.3. The number of aryl methyl sites for hydroxylation is 1. The van der Waals surface area contributed by atoms with Crippen molar-refractivity contribution in [2.45, 2.75) is 25.8 Å². The number of rotatable bonds is 4. The van der Waals surface area contributed by atoms with Crippen LogP contribution in [0.2, 0.25) is 0 Å². The Hall–Kier alpha value is -3.28. The maximum Gasteiger partial charge on any atom is 0.225 e. The fourth-order valence-electron chi connectivity index (χ4n) is 3.68. The number of fused-ring (bicyclic) bond motifs is 2. The second-order valence-electron chi connectivity index (χ2n) is 6.99. The summed E-state index contributed by atoms with van der Waals surface area (Å²) in [5, 5.41) is 10.7. The summed E-state index contributed by atoms with van der Waals surface area (Å²) in [6.45, 7) is 3.24. The molecule has 144 valence electrons. The summed E-state index contributed by atoms with van der Waals surface area (Å²) in [6.07, 6.45) is 0.462. The number of hydrogen-bond donors (Lipinski definition) is 3. The number of para-hydroxylation sites is 2. The summed E-state index contributed by atoms with van der Waals surface area (Å²) in [5.41, 5.74) is 4.07. The highest BCUT2D eigenvalue weighted by molar-refractivity contribution is 5.94. The maximum atomic E-state index is 12.0. The van der Waals surface area contributed by atoms with E-state index in [2.05, 4.69) is 40.0 Å². The molecule has 0 aliphatic carbocycles. The Bertz CT molecular complexity index is 1040. The number of benzene rings is 2. The van der Waals surface area contributed by atoms with Gasteiger partial charge in [0, 0.05) is 42.6 Å². The second-order valence-corrected chi connectivity index (χ2v) is 6.99. The van der Waals surface area contributed by atoms with Crippen LogP contribution in [0.3, 0.4) is 0 Å². The highest BCUT2D eigenvalue weighted by atomic mass is 16.3. The van der Waals surface area contributed by atoms with Gasteiger partial charge in [0.1, 0.15) is 11.3 Å². The Kier molecular flexibility index (Phi) is 5.02. The first-order valence-electron chi connectivity index (χ1n) is 9.46. The smallest absolute Gasteiger partial charge is 0.225 e. The zero-order chi connectivity index (χ0) is 19.5. The van der Waals surface area contributed by atoms with Gasteiger partial charge in [-0.1, -0.05) is 36.4 Å². The lowest BCUT2D eigenvalue weighted by atomic mass is 9.90. The van der Waals surface area contributed by atoms with Crippen LogP contribution in [0.5, 0.6) is 0 Å². The number of nitrogens with one attached hydrogen (secondary N) is 3. The molecule has 1 unspecified atom stereocenters. The molecule has 0 fully saturated rings. The third-order valence-corrected chi connectivity index (χ3v) is 5.20. The molecule has 3 aromatic rings. The molecule has 1 aromatic heterocycles. The van der Waals surface area contributed by atoms with Gasteiger partial charge < -0.3 is 20.4 Å². The number of anilines is 1. The van der Waals surface area contributed by atoms with Gasteiger partial charge in [-0.15, -0.1) is 0 Å². The van der Waals surface area contributed by atoms with E-state index in [9.17, 15) is 4.79 Å². The monoisotopic (exact) mass is 376 g/mol. The van der Waals surface area contributed by atoms with Crippen molar-refractivity contribution < 1.29 is 9.21 Å². The minimum absolute atomic E-state index is 0.0475. The summed E-state index contributed by atoms with van der Waals surface area (Å²) in [5.74, 6) is 1.73. The van der Waals surface area contributed by atoms with Crippen LogP contribution in [-0.2, 0) is 11.3 Å². The molecular formula is C22H24N4O2. The van der Waals surface area contributed by atoms with Gasteiger partial charge in [-0.25, -0.2) is 0 Å². The van der Waals surface area contributed by atoms with Crippen molar-refractivity contribution in [3.05, 3.63) is 65.4 Å². The van der Waals surface area contributed by atoms with Crippen molar-refractivity contribution in [1.29, 1.82) is 0 Å². The van der Waals surface area contributed by atoms with Gasteiger partial charge in [0.25, 0.3) is 0 Å². The van der Waals surface area contributed by atoms with E-state index >= 15 is 0 Å². The molecule has 4 rings (SSSR count). The normalized spacial score (nSPS) is 16.6. The third kappa shape index (κ3) is 3.58. The SMILES string of the molecule is CN=C(NCc1oc2ccccc2c1C)NCC1CC(=O)Nc2ccccc21. The van der Waals surface area contributed by atoms with Gasteiger partial charge in [0.05, 0.1) is 6.54 Å². The van der Waals surface area contributed by atoms with Crippen LogP contribution in [0.4, 0.5) is 5.69 Å². The van der Waals surface area contributed by atoms with Crippen LogP contribution in [0.15, 0.2) is 57.9 Å². The van der Waals surface area contributed by atoms with E-state index in [0.29, 0.717) is 25.5 Å². The Balaban J connectivity index is 1.40. The molecule has 1 aliphatic heterocycles. The van der Waals surface area contributed by atoms with Crippen molar-refractivity contribution in [3.8, 4) is 0 Å². The van der Waals surface area contributed by atoms with Crippen LogP contribution >= 0.6 is 0 Å². The van der Waals surface area contributed by atoms with Crippen LogP contribution < -0.4 is 16.0 Å². The quantitative estimate of drug-likeness (QED) is 0.481. The van der Waals surface area contributed by atoms with Gasteiger partial charge in [-0.2, -0.15) is 0 Å². The first-order valence-corrected chi connectivity index (χ1v) is 9.46. The highest BCUT2D eigenvalue weighted by Gasteiger charge is 2.24. The van der Waals surface area contributed by atoms with Gasteiger partial charge in [-0.3, -0.25) is 9.79 Å². The van der Waals surface area contributed by atoms with Gasteiger partial charge >= 0.3 is 0 Å². The van der Waals surface area contributed by atoms with E-state index in [1.165, 1.54) is 0 Å². The lowest BCUT2D eigenvalue weighted by Crippen LogP contribution is -2.40. The van der Waals surface area contributed by atoms with E-state index in [0.717, 1.165) is 33.5 Å². The van der Waals surface area contributed by atoms with Crippen LogP contribution in [-0.4, -0.2) is 25.5 Å². The average Bonchev–Trinajstić information content (AvgIpc) is 3.04. The molecule has 0 spiro atoms. The minimum Gasteiger partial charge on any atom is -0.459 e. The molecule has 1 atom stereocenters. The molecule has 1 aliphatic rings. The predicted molar refractivity (Wildman–Crippen MR) is 112 cm³/mol. The number of nitrogens with zero attached hydrogens (tertiary/aromatic N) is 1. The van der Waals surface area contributed by atoms with E-state index in [1.807, 2.05) is 36.4 Å². The summed E-state index contributed by atoms with van der Waals surface area (Å²) < 4.78 is 5.95. The molecule has 0 radical (unpaired) electrons. The Morgan fingerprint density at radius 1 is 1.18 bits per heavy atom. The zero-order valence-corrected chi connectivity index (χ0v) is 16.1. The molecule has 1 amide bonds. The van der Waals surface area contributed by atoms with Gasteiger partial charge in [0.15, 0.2) is 5.96 Å². The number of guanidine groups is 1. The maximum absolute atomic E-state index is 12.0. The average molecular weight is 376 g/mol. The predicted octanol–water partition coefficient (Wildman–Crippen LogP) is 3.53. The molecule has 2 aromatic carbocycles. The molecule has 3 N–H and O–H groups in total. The standard InChI is InChI=1S/C22H24N4O2/c1-14-16-7-4-6-10-19(16)28-20(14)13-25-22(23-2)24-12-15-11-21(27)26-18-9-5-3-8-17(15)18/h3-10,15H,11-13H2,1-2H3,(H,26,27)(H2,23,24,25). The van der Waals surface area contributed by atoms with Crippen molar-refractivity contribution in [2.75, 3.05) is 18.9 Å². The number of amides is 1. The van der Waals surface area contributed by atoms with Crippen LogP contribution in [0, 0.1) is 6.92 Å². The molecular weight excluding hydrogens is 352 g/mol. The topological polar surface area (TPSA) is 78.7 Å². The minimum atomic E-state index is 0.0475. The fraction of sp³-hybridized carbons (Fsp3) is 0.273. The summed E-state index contributed by atoms with van der Waals surface area (Å²) in [6, 6.07) is 16.0. The molecule has 6 nitrogen and oxygen atoms in total. The van der Waals surface area contributed by atoms with Crippen molar-refractivity contribution in [1.82, 2.24) is 10.6 Å². The molecule has 0 saturated heterocycles. The molecule has 28 heavy (non-hydrogen) atoms. The number of hydrogen-bond acceptors (Lipinski definition) is 3. The molecule has 6 heteroatoms. The van der Waals surface area contributed by atoms with Gasteiger partial charge in [-0.05, 0) is 24.6 Å². The van der Waals surface area contributed by atoms with E-state index in [4.69, 9.17) is 4.42 Å². The lowest BCUT2D eigenvalue weighted by Gasteiger charge is -2.26. The van der Waals surface area contributed by atoms with Crippen molar-refractivity contribution in [2.24, 2.45) is 4.99 Å². The Morgan fingerprint density at radius 2 is 1.96 bits per heavy atom. The highest BCUT2D eigenvalue weighted by Crippen LogP contribution is 2.31. The third-order valence-electron chi connectivity index (χ3n) is 5.20. The number of furan rings is 1.